The highest BCUT2D eigenvalue weighted by atomic mass is 19.3. The van der Waals surface area contributed by atoms with Crippen LogP contribution in [0.3, 0.4) is 0 Å². The predicted octanol–water partition coefficient (Wildman–Crippen LogP) is 3.30. The normalized spacial score (nSPS) is 10.6. The van der Waals surface area contributed by atoms with Gasteiger partial charge in [-0.1, -0.05) is 12.1 Å². The average molecular weight is 480 g/mol. The number of nitrogen functional groups attached to an aromatic ring is 1. The number of amides is 3. The molecule has 3 aromatic carbocycles. The molecule has 0 spiro atoms. The number of benzene rings is 3. The number of carbonyl (C=O) groups is 3. The van der Waals surface area contributed by atoms with Gasteiger partial charge in [-0.05, 0) is 48.5 Å². The van der Waals surface area contributed by atoms with Gasteiger partial charge < -0.3 is 22.5 Å². The van der Waals surface area contributed by atoms with E-state index in [1.165, 1.54) is 18.2 Å². The summed E-state index contributed by atoms with van der Waals surface area (Å²) >= 11 is 0. The Balaban J connectivity index is 0.000000310. The maximum absolute atomic E-state index is 14.1. The van der Waals surface area contributed by atoms with Gasteiger partial charge in [-0.2, -0.15) is 8.78 Å². The Hall–Kier alpha value is -4.48. The van der Waals surface area contributed by atoms with E-state index < -0.39 is 57.9 Å². The van der Waals surface area contributed by atoms with Crippen LogP contribution in [0.5, 0.6) is 0 Å². The van der Waals surface area contributed by atoms with Gasteiger partial charge in [0.05, 0.1) is 22.5 Å². The Morgan fingerprint density at radius 3 is 1.74 bits per heavy atom. The van der Waals surface area contributed by atoms with Crippen molar-refractivity contribution in [3.8, 4) is 0 Å². The van der Waals surface area contributed by atoms with Gasteiger partial charge in [0.2, 0.25) is 0 Å². The molecule has 178 valence electrons. The third-order valence-electron chi connectivity index (χ3n) is 4.33. The smallest absolute Gasteiger partial charge is 0.350 e. The van der Waals surface area contributed by atoms with Crippen molar-refractivity contribution < 1.29 is 36.3 Å². The average Bonchev–Trinajstić information content (AvgIpc) is 2.77. The van der Waals surface area contributed by atoms with E-state index in [-0.39, 0.29) is 11.3 Å². The number of primary amides is 2. The van der Waals surface area contributed by atoms with Gasteiger partial charge in [-0.25, -0.2) is 13.2 Å². The van der Waals surface area contributed by atoms with Crippen molar-refractivity contribution in [2.75, 3.05) is 11.1 Å². The topological polar surface area (TPSA) is 141 Å². The van der Waals surface area contributed by atoms with Crippen LogP contribution < -0.4 is 22.5 Å². The van der Waals surface area contributed by atoms with Crippen molar-refractivity contribution in [1.82, 2.24) is 0 Å². The van der Waals surface area contributed by atoms with Crippen molar-refractivity contribution in [1.29, 1.82) is 0 Å². The molecule has 0 bridgehead atoms. The van der Waals surface area contributed by atoms with Crippen molar-refractivity contribution in [2.24, 2.45) is 11.5 Å². The maximum Gasteiger partial charge on any atom is 0.350 e. The highest BCUT2D eigenvalue weighted by Crippen LogP contribution is 2.31. The lowest BCUT2D eigenvalue weighted by Gasteiger charge is -2.17. The molecule has 0 aliphatic carbocycles. The molecule has 0 saturated carbocycles. The zero-order chi connectivity index (χ0) is 25.6. The van der Waals surface area contributed by atoms with E-state index in [0.29, 0.717) is 0 Å². The molecule has 3 rings (SSSR count). The second-order valence-corrected chi connectivity index (χ2v) is 6.63. The molecule has 3 aromatic rings. The first-order valence-electron chi connectivity index (χ1n) is 9.23. The number of carbonyl (C=O) groups excluding carboxylic acids is 3. The lowest BCUT2D eigenvalue weighted by molar-refractivity contribution is -0.140. The van der Waals surface area contributed by atoms with Crippen LogP contribution in [0.4, 0.5) is 33.3 Å². The number of anilines is 2. The summed E-state index contributed by atoms with van der Waals surface area (Å²) in [5, 5.41) is 1.66. The first kappa shape index (κ1) is 25.8. The van der Waals surface area contributed by atoms with Crippen molar-refractivity contribution >= 4 is 29.1 Å². The molecule has 0 aromatic heterocycles. The van der Waals surface area contributed by atoms with E-state index in [1.54, 1.807) is 5.32 Å². The van der Waals surface area contributed by atoms with E-state index in [1.807, 2.05) is 0 Å². The Kier molecular flexibility index (Phi) is 7.90. The fourth-order valence-electron chi connectivity index (χ4n) is 2.59. The molecule has 0 saturated heterocycles. The van der Waals surface area contributed by atoms with Crippen LogP contribution in [0, 0.1) is 17.5 Å². The van der Waals surface area contributed by atoms with Crippen molar-refractivity contribution in [2.45, 2.75) is 5.92 Å². The molecule has 0 heterocycles. The molecule has 12 heteroatoms. The van der Waals surface area contributed by atoms with Crippen LogP contribution in [-0.2, 0) is 10.7 Å². The monoisotopic (exact) mass is 480 g/mol. The van der Waals surface area contributed by atoms with Gasteiger partial charge in [-0.15, -0.1) is 0 Å². The molecule has 0 aliphatic heterocycles. The Morgan fingerprint density at radius 2 is 1.24 bits per heavy atom. The molecule has 0 aliphatic rings. The molecule has 7 N–H and O–H groups in total. The molecule has 0 radical (unpaired) electrons. The second kappa shape index (κ2) is 10.4. The molecule has 0 fully saturated rings. The number of rotatable bonds is 5. The molecular formula is C22H17F5N4O3. The van der Waals surface area contributed by atoms with E-state index >= 15 is 0 Å². The Morgan fingerprint density at radius 1 is 0.735 bits per heavy atom. The van der Waals surface area contributed by atoms with Gasteiger partial charge >= 0.3 is 5.92 Å². The number of alkyl halides is 2. The SMILES string of the molecule is NC(=O)c1cccc(F)c1N.NC(=O)c1cccc(F)c1NC(=O)C(F)(F)c1ccc(F)cc1. The van der Waals surface area contributed by atoms with E-state index in [9.17, 15) is 36.3 Å². The molecule has 7 nitrogen and oxygen atoms in total. The molecular weight excluding hydrogens is 463 g/mol. The zero-order valence-corrected chi connectivity index (χ0v) is 17.1. The first-order valence-corrected chi connectivity index (χ1v) is 9.23. The van der Waals surface area contributed by atoms with Crippen LogP contribution in [0.1, 0.15) is 26.3 Å². The van der Waals surface area contributed by atoms with Crippen LogP contribution >= 0.6 is 0 Å². The largest absolute Gasteiger partial charge is 0.396 e. The molecule has 0 atom stereocenters. The van der Waals surface area contributed by atoms with Gasteiger partial charge in [0.15, 0.2) is 0 Å². The van der Waals surface area contributed by atoms with Crippen molar-refractivity contribution in [3.05, 3.63) is 94.8 Å². The summed E-state index contributed by atoms with van der Waals surface area (Å²) in [6.07, 6.45) is 0. The highest BCUT2D eigenvalue weighted by Gasteiger charge is 2.41. The number of nitrogens with one attached hydrogen (secondary N) is 1. The van der Waals surface area contributed by atoms with Gasteiger partial charge in [-0.3, -0.25) is 14.4 Å². The minimum atomic E-state index is -4.06. The summed E-state index contributed by atoms with van der Waals surface area (Å²) in [6, 6.07) is 9.99. The zero-order valence-electron chi connectivity index (χ0n) is 17.1. The minimum absolute atomic E-state index is 0.0185. The first-order chi connectivity index (χ1) is 15.9. The van der Waals surface area contributed by atoms with E-state index in [2.05, 4.69) is 0 Å². The number of halogens is 5. The fourth-order valence-corrected chi connectivity index (χ4v) is 2.59. The Bertz CT molecular complexity index is 1230. The highest BCUT2D eigenvalue weighted by molar-refractivity contribution is 6.05. The lowest BCUT2D eigenvalue weighted by atomic mass is 10.1. The van der Waals surface area contributed by atoms with Crippen molar-refractivity contribution in [3.63, 3.8) is 0 Å². The second-order valence-electron chi connectivity index (χ2n) is 6.63. The number of hydrogen-bond acceptors (Lipinski definition) is 4. The maximum atomic E-state index is 14.1. The number of nitrogens with two attached hydrogens (primary N) is 3. The standard InChI is InChI=1S/C15H10F4N2O2.C7H7FN2O/c16-9-6-4-8(5-7-9)15(18,19)14(23)21-12-10(13(20)22)2-1-3-11(12)17;8-5-3-1-2-4(6(5)9)7(10)11/h1-7H,(H2,20,22)(H,21,23);1-3H,9H2,(H2,10,11). The predicted molar refractivity (Wildman–Crippen MR) is 113 cm³/mol. The summed E-state index contributed by atoms with van der Waals surface area (Å²) in [5.74, 6) is -10.2. The summed E-state index contributed by atoms with van der Waals surface area (Å²) in [4.78, 5) is 33.5. The quantitative estimate of drug-likeness (QED) is 0.328. The summed E-state index contributed by atoms with van der Waals surface area (Å²) in [7, 11) is 0. The Labute approximate surface area is 189 Å². The molecule has 3 amide bonds. The molecule has 0 unspecified atom stereocenters. The number of para-hydroxylation sites is 2. The van der Waals surface area contributed by atoms with Crippen LogP contribution in [0.15, 0.2) is 60.7 Å². The van der Waals surface area contributed by atoms with Gasteiger partial charge in [0.1, 0.15) is 17.5 Å². The third kappa shape index (κ3) is 5.85. The summed E-state index contributed by atoms with van der Waals surface area (Å²) in [5.41, 5.74) is 13.0. The van der Waals surface area contributed by atoms with Gasteiger partial charge in [0, 0.05) is 5.56 Å². The summed E-state index contributed by atoms with van der Waals surface area (Å²) < 4.78 is 67.2. The number of hydrogen-bond donors (Lipinski definition) is 4. The van der Waals surface area contributed by atoms with E-state index in [0.717, 1.165) is 42.5 Å². The van der Waals surface area contributed by atoms with Gasteiger partial charge in [0.25, 0.3) is 17.7 Å². The third-order valence-corrected chi connectivity index (χ3v) is 4.33. The fraction of sp³-hybridized carbons (Fsp3) is 0.0455. The van der Waals surface area contributed by atoms with Crippen LogP contribution in [0.2, 0.25) is 0 Å². The minimum Gasteiger partial charge on any atom is -0.396 e. The summed E-state index contributed by atoms with van der Waals surface area (Å²) in [6.45, 7) is 0. The molecule has 34 heavy (non-hydrogen) atoms. The van der Waals surface area contributed by atoms with Crippen LogP contribution in [0.25, 0.3) is 0 Å². The van der Waals surface area contributed by atoms with E-state index in [4.69, 9.17) is 17.2 Å². The lowest BCUT2D eigenvalue weighted by Crippen LogP contribution is -2.33. The van der Waals surface area contributed by atoms with Crippen LogP contribution in [-0.4, -0.2) is 17.7 Å².